The fourth-order valence-electron chi connectivity index (χ4n) is 4.49. The average molecular weight is 639 g/mol. The lowest BCUT2D eigenvalue weighted by Crippen LogP contribution is -2.46. The van der Waals surface area contributed by atoms with Crippen molar-refractivity contribution in [2.45, 2.75) is 115 Å². The fourth-order valence-corrected chi connectivity index (χ4v) is 6.61. The van der Waals surface area contributed by atoms with Crippen molar-refractivity contribution >= 4 is 49.6 Å². The maximum absolute atomic E-state index is 15.7. The van der Waals surface area contributed by atoms with E-state index in [1.807, 2.05) is 27.7 Å². The molecule has 3 rings (SSSR count). The third-order valence-corrected chi connectivity index (χ3v) is 10.7. The third kappa shape index (κ3) is 8.84. The standard InChI is InChI=1S/C30H48BFN2O7SSi/c1-27(2,3)39-26(36)34(19-38-15-16-43(10,11)12)25-33-30(8,18-23(42-25)24(35)37-9)21-17-20(13-14-22(21)32)31-40-28(4,5)29(6,7)41-31/h13-14,17,23H,15-16,18-19H2,1-12H3/t23-,30-/m0/s1. The molecule has 240 valence electrons. The van der Waals surface area contributed by atoms with Gasteiger partial charge in [0.25, 0.3) is 0 Å². The largest absolute Gasteiger partial charge is 0.494 e. The minimum Gasteiger partial charge on any atom is -0.468 e. The summed E-state index contributed by atoms with van der Waals surface area (Å²) in [5.74, 6) is -1.01. The van der Waals surface area contributed by atoms with Gasteiger partial charge in [0, 0.05) is 20.2 Å². The van der Waals surface area contributed by atoms with Gasteiger partial charge in [0.1, 0.15) is 23.4 Å². The number of esters is 1. The summed E-state index contributed by atoms with van der Waals surface area (Å²) < 4.78 is 44.8. The number of amidine groups is 1. The summed E-state index contributed by atoms with van der Waals surface area (Å²) in [6, 6.07) is 5.55. The molecule has 1 aromatic carbocycles. The molecule has 2 atom stereocenters. The number of thioether (sulfide) groups is 1. The highest BCUT2D eigenvalue weighted by Gasteiger charge is 2.52. The number of amides is 1. The van der Waals surface area contributed by atoms with E-state index in [9.17, 15) is 9.59 Å². The Labute approximate surface area is 261 Å². The zero-order valence-electron chi connectivity index (χ0n) is 27.8. The zero-order chi connectivity index (χ0) is 32.6. The summed E-state index contributed by atoms with van der Waals surface area (Å²) in [5, 5.41) is -0.582. The number of methoxy groups -OCH3 is 1. The monoisotopic (exact) mass is 638 g/mol. The van der Waals surface area contributed by atoms with Crippen LogP contribution in [0.4, 0.5) is 9.18 Å². The van der Waals surface area contributed by atoms with Crippen LogP contribution in [0.15, 0.2) is 23.2 Å². The second-order valence-corrected chi connectivity index (χ2v) is 21.4. The van der Waals surface area contributed by atoms with Crippen LogP contribution in [-0.2, 0) is 33.9 Å². The van der Waals surface area contributed by atoms with Crippen molar-refractivity contribution in [3.63, 3.8) is 0 Å². The van der Waals surface area contributed by atoms with Crippen molar-refractivity contribution in [3.05, 3.63) is 29.6 Å². The van der Waals surface area contributed by atoms with Gasteiger partial charge in [0.2, 0.25) is 0 Å². The van der Waals surface area contributed by atoms with Gasteiger partial charge in [-0.05, 0) is 79.4 Å². The summed E-state index contributed by atoms with van der Waals surface area (Å²) in [7, 11) is -0.809. The molecular formula is C30H48BFN2O7SSi. The Balaban J connectivity index is 2.06. The molecule has 1 aromatic rings. The molecule has 0 aromatic heterocycles. The number of nitrogens with zero attached hydrogens (tertiary/aromatic N) is 2. The van der Waals surface area contributed by atoms with E-state index < -0.39 is 60.7 Å². The molecule has 1 saturated heterocycles. The van der Waals surface area contributed by atoms with Crippen molar-refractivity contribution < 1.29 is 37.5 Å². The summed E-state index contributed by atoms with van der Waals surface area (Å²) in [5.41, 5.74) is -2.33. The molecule has 1 fully saturated rings. The van der Waals surface area contributed by atoms with Gasteiger partial charge in [-0.3, -0.25) is 9.79 Å². The fraction of sp³-hybridized carbons (Fsp3) is 0.700. The van der Waals surface area contributed by atoms with E-state index in [-0.39, 0.29) is 23.9 Å². The number of hydrogen-bond acceptors (Lipinski definition) is 9. The molecule has 0 unspecified atom stereocenters. The van der Waals surface area contributed by atoms with Crippen molar-refractivity contribution in [3.8, 4) is 0 Å². The molecule has 0 N–H and O–H groups in total. The second-order valence-electron chi connectivity index (χ2n) is 14.6. The van der Waals surface area contributed by atoms with Gasteiger partial charge in [0.05, 0.1) is 23.9 Å². The Bertz CT molecular complexity index is 1220. The molecule has 0 radical (unpaired) electrons. The Morgan fingerprint density at radius 1 is 1.14 bits per heavy atom. The lowest BCUT2D eigenvalue weighted by Gasteiger charge is -2.37. The number of benzene rings is 1. The summed E-state index contributed by atoms with van der Waals surface area (Å²) in [6.45, 7) is 21.9. The zero-order valence-corrected chi connectivity index (χ0v) is 29.6. The van der Waals surface area contributed by atoms with E-state index in [1.165, 1.54) is 18.1 Å². The maximum atomic E-state index is 15.7. The third-order valence-electron chi connectivity index (χ3n) is 7.79. The molecule has 0 spiro atoms. The molecule has 1 amide bonds. The molecule has 9 nitrogen and oxygen atoms in total. The van der Waals surface area contributed by atoms with E-state index in [0.29, 0.717) is 12.1 Å². The first-order chi connectivity index (χ1) is 19.6. The van der Waals surface area contributed by atoms with Gasteiger partial charge in [-0.2, -0.15) is 0 Å². The van der Waals surface area contributed by atoms with Crippen LogP contribution in [0.25, 0.3) is 0 Å². The summed E-state index contributed by atoms with van der Waals surface area (Å²) in [4.78, 5) is 32.6. The number of aliphatic imine (C=N–C) groups is 1. The quantitative estimate of drug-likeness (QED) is 0.150. The molecule has 2 heterocycles. The van der Waals surface area contributed by atoms with E-state index in [0.717, 1.165) is 17.8 Å². The van der Waals surface area contributed by atoms with Crippen LogP contribution in [0, 0.1) is 5.82 Å². The number of rotatable bonds is 8. The Morgan fingerprint density at radius 3 is 2.28 bits per heavy atom. The summed E-state index contributed by atoms with van der Waals surface area (Å²) >= 11 is 1.08. The van der Waals surface area contributed by atoms with Crippen LogP contribution < -0.4 is 5.46 Å². The number of ether oxygens (including phenoxy) is 3. The molecule has 2 aliphatic rings. The van der Waals surface area contributed by atoms with E-state index in [2.05, 4.69) is 19.6 Å². The average Bonchev–Trinajstić information content (AvgIpc) is 3.07. The molecule has 13 heteroatoms. The van der Waals surface area contributed by atoms with Crippen molar-refractivity contribution in [1.29, 1.82) is 0 Å². The topological polar surface area (TPSA) is 95.9 Å². The van der Waals surface area contributed by atoms with Crippen molar-refractivity contribution in [1.82, 2.24) is 4.90 Å². The predicted molar refractivity (Wildman–Crippen MR) is 172 cm³/mol. The minimum atomic E-state index is -1.39. The first-order valence-corrected chi connectivity index (χ1v) is 19.2. The highest BCUT2D eigenvalue weighted by Crippen LogP contribution is 2.43. The second kappa shape index (κ2) is 12.8. The molecule has 0 bridgehead atoms. The lowest BCUT2D eigenvalue weighted by atomic mass is 9.75. The van der Waals surface area contributed by atoms with Gasteiger partial charge >= 0.3 is 19.2 Å². The first kappa shape index (κ1) is 35.5. The van der Waals surface area contributed by atoms with Gasteiger partial charge in [-0.1, -0.05) is 43.5 Å². The molecule has 2 aliphatic heterocycles. The smallest absolute Gasteiger partial charge is 0.468 e. The Hall–Kier alpha value is -1.93. The van der Waals surface area contributed by atoms with Crippen LogP contribution in [-0.4, -0.2) is 79.8 Å². The van der Waals surface area contributed by atoms with E-state index >= 15 is 4.39 Å². The highest BCUT2D eigenvalue weighted by atomic mass is 32.2. The van der Waals surface area contributed by atoms with Gasteiger partial charge < -0.3 is 23.5 Å². The highest BCUT2D eigenvalue weighted by molar-refractivity contribution is 8.15. The number of hydrogen-bond donors (Lipinski definition) is 0. The van der Waals surface area contributed by atoms with Crippen LogP contribution in [0.2, 0.25) is 25.7 Å². The van der Waals surface area contributed by atoms with Gasteiger partial charge in [-0.25, -0.2) is 14.1 Å². The van der Waals surface area contributed by atoms with Gasteiger partial charge in [-0.15, -0.1) is 0 Å². The summed E-state index contributed by atoms with van der Waals surface area (Å²) in [6.07, 6.45) is -0.540. The van der Waals surface area contributed by atoms with E-state index in [1.54, 1.807) is 39.8 Å². The van der Waals surface area contributed by atoms with Crippen LogP contribution in [0.1, 0.15) is 67.4 Å². The molecule has 0 saturated carbocycles. The minimum absolute atomic E-state index is 0.133. The van der Waals surface area contributed by atoms with Crippen molar-refractivity contribution in [2.24, 2.45) is 4.99 Å². The normalized spacial score (nSPS) is 23.5. The number of carbonyl (C=O) groups excluding carboxylic acids is 2. The predicted octanol–water partition coefficient (Wildman–Crippen LogP) is 5.92. The van der Waals surface area contributed by atoms with Crippen LogP contribution >= 0.6 is 11.8 Å². The molecular weight excluding hydrogens is 590 g/mol. The number of carbonyl (C=O) groups is 2. The SMILES string of the molecule is COC(=O)[C@@H]1C[C@@](C)(c2cc(B3OC(C)(C)C(C)(C)O3)ccc2F)N=C(N(COCC[Si](C)(C)C)C(=O)OC(C)(C)C)S1. The first-order valence-electron chi connectivity index (χ1n) is 14.7. The number of halogens is 1. The van der Waals surface area contributed by atoms with Crippen LogP contribution in [0.5, 0.6) is 0 Å². The van der Waals surface area contributed by atoms with Crippen molar-refractivity contribution in [2.75, 3.05) is 20.4 Å². The maximum Gasteiger partial charge on any atom is 0.494 e. The van der Waals surface area contributed by atoms with Gasteiger partial charge in [0.15, 0.2) is 5.17 Å². The Morgan fingerprint density at radius 2 is 1.74 bits per heavy atom. The molecule has 43 heavy (non-hydrogen) atoms. The van der Waals surface area contributed by atoms with Crippen LogP contribution in [0.3, 0.4) is 0 Å². The van der Waals surface area contributed by atoms with E-state index in [4.69, 9.17) is 28.5 Å². The molecule has 0 aliphatic carbocycles. The Kier molecular flexibility index (Phi) is 10.6. The lowest BCUT2D eigenvalue weighted by molar-refractivity contribution is -0.140.